The summed E-state index contributed by atoms with van der Waals surface area (Å²) in [5, 5.41) is 17.6. The summed E-state index contributed by atoms with van der Waals surface area (Å²) in [7, 11) is 0. The van der Waals surface area contributed by atoms with Crippen LogP contribution in [0.5, 0.6) is 0 Å². The highest BCUT2D eigenvalue weighted by Crippen LogP contribution is 2.31. The summed E-state index contributed by atoms with van der Waals surface area (Å²) in [4.78, 5) is 14.1. The monoisotopic (exact) mass is 471 g/mol. The number of anilines is 1. The maximum Gasteiger partial charge on any atom is 0.338 e. The van der Waals surface area contributed by atoms with Crippen LogP contribution in [0.4, 0.5) is 28.4 Å². The smallest absolute Gasteiger partial charge is 0.338 e. The summed E-state index contributed by atoms with van der Waals surface area (Å²) in [5.74, 6) is -0.347. The summed E-state index contributed by atoms with van der Waals surface area (Å²) >= 11 is 0. The molecule has 4 rings (SSSR count). The fourth-order valence-electron chi connectivity index (χ4n) is 3.65. The van der Waals surface area contributed by atoms with E-state index in [0.717, 1.165) is 54.5 Å². The van der Waals surface area contributed by atoms with Crippen LogP contribution >= 0.6 is 0 Å². The van der Waals surface area contributed by atoms with Crippen molar-refractivity contribution >= 4 is 34.4 Å². The van der Waals surface area contributed by atoms with E-state index in [1.165, 1.54) is 5.69 Å². The van der Waals surface area contributed by atoms with Crippen LogP contribution in [0.25, 0.3) is 0 Å². The van der Waals surface area contributed by atoms with Gasteiger partial charge in [0.25, 0.3) is 0 Å². The Morgan fingerprint density at radius 3 is 1.86 bits per heavy atom. The molecule has 0 radical (unpaired) electrons. The average Bonchev–Trinajstić information content (AvgIpc) is 2.89. The first-order chi connectivity index (χ1) is 17.0. The Morgan fingerprint density at radius 2 is 1.34 bits per heavy atom. The van der Waals surface area contributed by atoms with E-state index in [9.17, 15) is 4.79 Å². The van der Waals surface area contributed by atoms with Crippen LogP contribution in [0.3, 0.4) is 0 Å². The van der Waals surface area contributed by atoms with Crippen LogP contribution in [-0.4, -0.2) is 38.9 Å². The van der Waals surface area contributed by atoms with Crippen molar-refractivity contribution in [3.05, 3.63) is 77.4 Å². The summed E-state index contributed by atoms with van der Waals surface area (Å²) in [6.45, 7) is 9.39. The van der Waals surface area contributed by atoms with Crippen LogP contribution in [0.15, 0.2) is 81.1 Å². The van der Waals surface area contributed by atoms with Gasteiger partial charge in [0, 0.05) is 18.8 Å². The minimum absolute atomic E-state index is 0.343. The van der Waals surface area contributed by atoms with Gasteiger partial charge in [0.2, 0.25) is 0 Å². The van der Waals surface area contributed by atoms with Gasteiger partial charge in [-0.1, -0.05) is 0 Å². The van der Waals surface area contributed by atoms with Crippen molar-refractivity contribution in [1.82, 2.24) is 0 Å². The third kappa shape index (κ3) is 6.36. The van der Waals surface area contributed by atoms with Crippen LogP contribution in [0.2, 0.25) is 0 Å². The molecule has 3 aromatic carbocycles. The zero-order chi connectivity index (χ0) is 24.6. The number of ether oxygens (including phenoxy) is 2. The molecule has 8 heteroatoms. The highest BCUT2D eigenvalue weighted by atomic mass is 16.5. The zero-order valence-electron chi connectivity index (χ0n) is 20.3. The number of hydrogen-bond donors (Lipinski definition) is 0. The number of hydrogen-bond acceptors (Lipinski definition) is 8. The Morgan fingerprint density at radius 1 is 0.829 bits per heavy atom. The second-order valence-corrected chi connectivity index (χ2v) is 8.21. The normalized spacial score (nSPS) is 14.1. The average molecular weight is 472 g/mol. The van der Waals surface area contributed by atoms with Crippen LogP contribution in [0, 0.1) is 13.8 Å². The number of aryl methyl sites for hydroxylation is 2. The molecule has 0 aromatic heterocycles. The standard InChI is InChI=1S/C27H29N5O3/c1-4-35-27(33)21-5-7-22(8-6-21)28-30-25-17-20(3)26(18-19(25)2)31-29-23-9-11-24(12-10-23)32-13-15-34-16-14-32/h5-12,17-18H,4,13-16H2,1-3H3. The molecule has 0 unspecified atom stereocenters. The molecule has 1 aliphatic rings. The number of esters is 1. The zero-order valence-corrected chi connectivity index (χ0v) is 20.3. The maximum atomic E-state index is 11.8. The van der Waals surface area contributed by atoms with Crippen molar-refractivity contribution in [2.75, 3.05) is 37.8 Å². The molecule has 8 nitrogen and oxygen atoms in total. The van der Waals surface area contributed by atoms with E-state index in [2.05, 4.69) is 37.5 Å². The highest BCUT2D eigenvalue weighted by molar-refractivity contribution is 5.89. The number of carbonyl (C=O) groups excluding carboxylic acids is 1. The molecular weight excluding hydrogens is 442 g/mol. The van der Waals surface area contributed by atoms with E-state index >= 15 is 0 Å². The minimum atomic E-state index is -0.347. The lowest BCUT2D eigenvalue weighted by molar-refractivity contribution is 0.0526. The second-order valence-electron chi connectivity index (χ2n) is 8.21. The lowest BCUT2D eigenvalue weighted by atomic mass is 10.1. The summed E-state index contributed by atoms with van der Waals surface area (Å²) in [6, 6.07) is 18.8. The molecule has 0 amide bonds. The van der Waals surface area contributed by atoms with E-state index < -0.39 is 0 Å². The molecule has 1 saturated heterocycles. The van der Waals surface area contributed by atoms with Crippen LogP contribution in [0.1, 0.15) is 28.4 Å². The number of nitrogens with zero attached hydrogens (tertiary/aromatic N) is 5. The fourth-order valence-corrected chi connectivity index (χ4v) is 3.65. The largest absolute Gasteiger partial charge is 0.462 e. The molecule has 0 spiro atoms. The molecule has 0 aliphatic carbocycles. The molecule has 0 atom stereocenters. The maximum absolute atomic E-state index is 11.8. The third-order valence-corrected chi connectivity index (χ3v) is 5.67. The molecule has 0 saturated carbocycles. The predicted molar refractivity (Wildman–Crippen MR) is 136 cm³/mol. The second kappa shape index (κ2) is 11.5. The molecule has 0 bridgehead atoms. The Balaban J connectivity index is 1.42. The molecule has 1 fully saturated rings. The SMILES string of the molecule is CCOC(=O)c1ccc(N=Nc2cc(C)c(N=Nc3ccc(N4CCOCC4)cc3)cc2C)cc1. The fraction of sp³-hybridized carbons (Fsp3) is 0.296. The molecular formula is C27H29N5O3. The predicted octanol–water partition coefficient (Wildman–Crippen LogP) is 7.15. The van der Waals surface area contributed by atoms with Gasteiger partial charge < -0.3 is 14.4 Å². The van der Waals surface area contributed by atoms with Gasteiger partial charge in [0.05, 0.1) is 48.1 Å². The number of carbonyl (C=O) groups is 1. The first-order valence-electron chi connectivity index (χ1n) is 11.7. The highest BCUT2D eigenvalue weighted by Gasteiger charge is 2.11. The Kier molecular flexibility index (Phi) is 7.95. The van der Waals surface area contributed by atoms with Gasteiger partial charge in [-0.2, -0.15) is 20.5 Å². The van der Waals surface area contributed by atoms with Crippen LogP contribution < -0.4 is 4.90 Å². The van der Waals surface area contributed by atoms with Crippen molar-refractivity contribution in [1.29, 1.82) is 0 Å². The number of azo groups is 2. The van der Waals surface area contributed by atoms with Gasteiger partial charge >= 0.3 is 5.97 Å². The third-order valence-electron chi connectivity index (χ3n) is 5.67. The first kappa shape index (κ1) is 24.2. The van der Waals surface area contributed by atoms with Gasteiger partial charge in [-0.15, -0.1) is 0 Å². The van der Waals surface area contributed by atoms with Crippen molar-refractivity contribution in [2.24, 2.45) is 20.5 Å². The molecule has 1 aliphatic heterocycles. The molecule has 35 heavy (non-hydrogen) atoms. The van der Waals surface area contributed by atoms with E-state index in [-0.39, 0.29) is 5.97 Å². The van der Waals surface area contributed by atoms with Crippen molar-refractivity contribution < 1.29 is 14.3 Å². The Bertz CT molecular complexity index is 1210. The Labute approximate surface area is 205 Å². The van der Waals surface area contributed by atoms with Crippen LogP contribution in [-0.2, 0) is 9.47 Å². The molecule has 1 heterocycles. The van der Waals surface area contributed by atoms with Gasteiger partial charge in [0.15, 0.2) is 0 Å². The van der Waals surface area contributed by atoms with Gasteiger partial charge in [-0.3, -0.25) is 0 Å². The van der Waals surface area contributed by atoms with Gasteiger partial charge in [-0.25, -0.2) is 4.79 Å². The quantitative estimate of drug-likeness (QED) is 0.270. The van der Waals surface area contributed by atoms with Crippen molar-refractivity contribution in [3.8, 4) is 0 Å². The van der Waals surface area contributed by atoms with Crippen molar-refractivity contribution in [3.63, 3.8) is 0 Å². The Hall–Kier alpha value is -3.91. The molecule has 3 aromatic rings. The van der Waals surface area contributed by atoms with Crippen molar-refractivity contribution in [2.45, 2.75) is 20.8 Å². The molecule has 180 valence electrons. The van der Waals surface area contributed by atoms with E-state index in [0.29, 0.717) is 17.9 Å². The topological polar surface area (TPSA) is 88.2 Å². The lowest BCUT2D eigenvalue weighted by Gasteiger charge is -2.28. The van der Waals surface area contributed by atoms with E-state index in [4.69, 9.17) is 9.47 Å². The number of benzene rings is 3. The molecule has 0 N–H and O–H groups in total. The van der Waals surface area contributed by atoms with Gasteiger partial charge in [-0.05, 0) is 92.6 Å². The minimum Gasteiger partial charge on any atom is -0.462 e. The van der Waals surface area contributed by atoms with E-state index in [1.807, 2.05) is 38.1 Å². The first-order valence-corrected chi connectivity index (χ1v) is 11.7. The number of rotatable bonds is 7. The summed E-state index contributed by atoms with van der Waals surface area (Å²) in [5.41, 5.74) is 6.56. The van der Waals surface area contributed by atoms with Gasteiger partial charge in [0.1, 0.15) is 0 Å². The summed E-state index contributed by atoms with van der Waals surface area (Å²) in [6.07, 6.45) is 0. The summed E-state index contributed by atoms with van der Waals surface area (Å²) < 4.78 is 10.4. The lowest BCUT2D eigenvalue weighted by Crippen LogP contribution is -2.36. The number of morpholine rings is 1. The van der Waals surface area contributed by atoms with E-state index in [1.54, 1.807) is 31.2 Å².